The zero-order valence-corrected chi connectivity index (χ0v) is 9.56. The maximum atomic E-state index is 10.9. The van der Waals surface area contributed by atoms with Gasteiger partial charge in [-0.1, -0.05) is 15.9 Å². The van der Waals surface area contributed by atoms with Crippen molar-refractivity contribution >= 4 is 37.6 Å². The van der Waals surface area contributed by atoms with Crippen LogP contribution in [0, 0.1) is 0 Å². The fraction of sp³-hybridized carbons (Fsp3) is 0.143. The van der Waals surface area contributed by atoms with Crippen LogP contribution in [0.5, 0.6) is 5.75 Å². The second kappa shape index (κ2) is 4.30. The Kier molecular flexibility index (Phi) is 3.58. The lowest BCUT2D eigenvalue weighted by Crippen LogP contribution is -2.09. The molecule has 6 heteroatoms. The van der Waals surface area contributed by atoms with Crippen molar-refractivity contribution in [3.8, 4) is 5.75 Å². The Morgan fingerprint density at radius 2 is 1.85 bits per heavy atom. The standard InChI is InChI=1S/C7H6BrClO3S/c8-6-1-3-7(4-2-6)12-13(10,11)5-9/h1-4H,5H2. The molecule has 0 saturated heterocycles. The highest BCUT2D eigenvalue weighted by Gasteiger charge is 2.09. The molecule has 72 valence electrons. The van der Waals surface area contributed by atoms with Crippen molar-refractivity contribution in [2.75, 3.05) is 5.21 Å². The maximum absolute atomic E-state index is 10.9. The molecule has 0 N–H and O–H groups in total. The van der Waals surface area contributed by atoms with Crippen LogP contribution in [0.1, 0.15) is 0 Å². The molecule has 1 aromatic carbocycles. The molecule has 3 nitrogen and oxygen atoms in total. The summed E-state index contributed by atoms with van der Waals surface area (Å²) in [5.74, 6) is 0.254. The van der Waals surface area contributed by atoms with Gasteiger partial charge in [0.1, 0.15) is 5.75 Å². The van der Waals surface area contributed by atoms with Gasteiger partial charge in [0.15, 0.2) is 5.21 Å². The number of halogens is 2. The first-order valence-corrected chi connectivity index (χ1v) is 6.18. The van der Waals surface area contributed by atoms with E-state index in [1.807, 2.05) is 0 Å². The Labute approximate surface area is 89.9 Å². The van der Waals surface area contributed by atoms with Crippen LogP contribution in [0.2, 0.25) is 0 Å². The van der Waals surface area contributed by atoms with Crippen LogP contribution in [0.4, 0.5) is 0 Å². The highest BCUT2D eigenvalue weighted by atomic mass is 79.9. The van der Waals surface area contributed by atoms with Crippen LogP contribution < -0.4 is 4.18 Å². The lowest BCUT2D eigenvalue weighted by atomic mass is 10.3. The van der Waals surface area contributed by atoms with Gasteiger partial charge in [0, 0.05) is 4.47 Å². The molecule has 0 aliphatic heterocycles. The minimum absolute atomic E-state index is 0.254. The molecule has 0 unspecified atom stereocenters. The van der Waals surface area contributed by atoms with Gasteiger partial charge in [0.25, 0.3) is 0 Å². The summed E-state index contributed by atoms with van der Waals surface area (Å²) >= 11 is 8.36. The van der Waals surface area contributed by atoms with Gasteiger partial charge in [-0.15, -0.1) is 11.6 Å². The fourth-order valence-corrected chi connectivity index (χ4v) is 1.51. The van der Waals surface area contributed by atoms with E-state index >= 15 is 0 Å². The van der Waals surface area contributed by atoms with Gasteiger partial charge in [-0.05, 0) is 24.3 Å². The third kappa shape index (κ3) is 3.54. The van der Waals surface area contributed by atoms with Gasteiger partial charge >= 0.3 is 10.1 Å². The van der Waals surface area contributed by atoms with Gasteiger partial charge in [0.05, 0.1) is 0 Å². The minimum Gasteiger partial charge on any atom is -0.382 e. The maximum Gasteiger partial charge on any atom is 0.323 e. The monoisotopic (exact) mass is 284 g/mol. The number of benzene rings is 1. The van der Waals surface area contributed by atoms with Gasteiger partial charge in [0.2, 0.25) is 0 Å². The van der Waals surface area contributed by atoms with Crippen molar-refractivity contribution in [1.82, 2.24) is 0 Å². The van der Waals surface area contributed by atoms with E-state index in [1.165, 1.54) is 12.1 Å². The molecule has 0 bridgehead atoms. The summed E-state index contributed by atoms with van der Waals surface area (Å²) in [6.45, 7) is 0. The lowest BCUT2D eigenvalue weighted by Gasteiger charge is -2.03. The fourth-order valence-electron chi connectivity index (χ4n) is 0.659. The predicted octanol–water partition coefficient (Wildman–Crippen LogP) is 2.35. The first-order chi connectivity index (χ1) is 6.03. The Balaban J connectivity index is 2.82. The van der Waals surface area contributed by atoms with Gasteiger partial charge in [-0.25, -0.2) is 0 Å². The van der Waals surface area contributed by atoms with Crippen LogP contribution in [0.25, 0.3) is 0 Å². The average molecular weight is 286 g/mol. The summed E-state index contributed by atoms with van der Waals surface area (Å²) in [6.07, 6.45) is 0. The largest absolute Gasteiger partial charge is 0.382 e. The van der Waals surface area contributed by atoms with Gasteiger partial charge in [-0.2, -0.15) is 8.42 Å². The summed E-state index contributed by atoms with van der Waals surface area (Å²) < 4.78 is 27.3. The first-order valence-electron chi connectivity index (χ1n) is 3.27. The third-order valence-corrected chi connectivity index (χ3v) is 3.21. The molecule has 13 heavy (non-hydrogen) atoms. The quantitative estimate of drug-likeness (QED) is 0.632. The van der Waals surface area contributed by atoms with Crippen LogP contribution in [0.3, 0.4) is 0 Å². The average Bonchev–Trinajstić information content (AvgIpc) is 2.09. The summed E-state index contributed by atoms with van der Waals surface area (Å²) in [5.41, 5.74) is 0. The van der Waals surface area contributed by atoms with Crippen LogP contribution >= 0.6 is 27.5 Å². The molecule has 0 aliphatic carbocycles. The molecule has 0 spiro atoms. The van der Waals surface area contributed by atoms with Gasteiger partial charge < -0.3 is 4.18 Å². The Bertz CT molecular complexity index is 373. The molecule has 0 amide bonds. The van der Waals surface area contributed by atoms with Crippen molar-refractivity contribution < 1.29 is 12.6 Å². The molecular formula is C7H6BrClO3S. The lowest BCUT2D eigenvalue weighted by molar-refractivity contribution is 0.491. The molecule has 0 aliphatic rings. The molecule has 0 heterocycles. The SMILES string of the molecule is O=S(=O)(CCl)Oc1ccc(Br)cc1. The Hall–Kier alpha value is -0.260. The topological polar surface area (TPSA) is 43.4 Å². The van der Waals surface area contributed by atoms with Crippen LogP contribution in [0.15, 0.2) is 28.7 Å². The van der Waals surface area contributed by atoms with E-state index in [4.69, 9.17) is 11.6 Å². The zero-order chi connectivity index (χ0) is 9.90. The van der Waals surface area contributed by atoms with E-state index in [0.29, 0.717) is 0 Å². The summed E-state index contributed by atoms with van der Waals surface area (Å²) in [7, 11) is -3.64. The van der Waals surface area contributed by atoms with E-state index < -0.39 is 15.3 Å². The van der Waals surface area contributed by atoms with Gasteiger partial charge in [-0.3, -0.25) is 0 Å². The van der Waals surface area contributed by atoms with Crippen molar-refractivity contribution in [2.45, 2.75) is 0 Å². The number of rotatable bonds is 3. The summed E-state index contributed by atoms with van der Waals surface area (Å²) in [6, 6.07) is 6.43. The van der Waals surface area contributed by atoms with Crippen molar-refractivity contribution in [3.63, 3.8) is 0 Å². The summed E-state index contributed by atoms with van der Waals surface area (Å²) in [4.78, 5) is 0. The molecule has 0 fully saturated rings. The van der Waals surface area contributed by atoms with E-state index in [1.54, 1.807) is 12.1 Å². The van der Waals surface area contributed by atoms with Crippen molar-refractivity contribution in [1.29, 1.82) is 0 Å². The van der Waals surface area contributed by atoms with Crippen molar-refractivity contribution in [3.05, 3.63) is 28.7 Å². The van der Waals surface area contributed by atoms with Crippen molar-refractivity contribution in [2.24, 2.45) is 0 Å². The van der Waals surface area contributed by atoms with E-state index in [-0.39, 0.29) is 5.75 Å². The zero-order valence-electron chi connectivity index (χ0n) is 6.41. The molecule has 0 aromatic heterocycles. The number of hydrogen-bond acceptors (Lipinski definition) is 3. The number of alkyl halides is 1. The second-order valence-electron chi connectivity index (χ2n) is 2.20. The first kappa shape index (κ1) is 10.8. The van der Waals surface area contributed by atoms with Crippen LogP contribution in [-0.4, -0.2) is 13.6 Å². The minimum atomic E-state index is -3.64. The highest BCUT2D eigenvalue weighted by Crippen LogP contribution is 2.17. The Morgan fingerprint density at radius 3 is 2.31 bits per heavy atom. The molecule has 1 aromatic rings. The van der Waals surface area contributed by atoms with E-state index in [2.05, 4.69) is 20.1 Å². The predicted molar refractivity (Wildman–Crippen MR) is 54.4 cm³/mol. The molecule has 1 rings (SSSR count). The smallest absolute Gasteiger partial charge is 0.323 e. The molecule has 0 saturated carbocycles. The normalized spacial score (nSPS) is 11.2. The Morgan fingerprint density at radius 1 is 1.31 bits per heavy atom. The van der Waals surface area contributed by atoms with E-state index in [0.717, 1.165) is 4.47 Å². The van der Waals surface area contributed by atoms with E-state index in [9.17, 15) is 8.42 Å². The molecule has 0 atom stereocenters. The molecule has 0 radical (unpaired) electrons. The highest BCUT2D eigenvalue weighted by molar-refractivity contribution is 9.10. The third-order valence-electron chi connectivity index (χ3n) is 1.17. The molecular weight excluding hydrogens is 279 g/mol. The van der Waals surface area contributed by atoms with Crippen LogP contribution in [-0.2, 0) is 10.1 Å². The number of hydrogen-bond donors (Lipinski definition) is 0. The second-order valence-corrected chi connectivity index (χ2v) is 5.27. The summed E-state index contributed by atoms with van der Waals surface area (Å²) in [5, 5.41) is -0.553.